The van der Waals surface area contributed by atoms with Gasteiger partial charge in [-0.25, -0.2) is 28.3 Å². The maximum absolute atomic E-state index is 14.5. The van der Waals surface area contributed by atoms with Gasteiger partial charge in [-0.3, -0.25) is 4.79 Å². The number of anilines is 1. The maximum Gasteiger partial charge on any atom is 0.508 e. The molecule has 0 spiro atoms. The van der Waals surface area contributed by atoms with Crippen molar-refractivity contribution in [2.75, 3.05) is 18.9 Å². The molecule has 0 unspecified atom stereocenters. The Morgan fingerprint density at radius 1 is 0.956 bits per heavy atom. The number of carbonyl (C=O) groups excluding carboxylic acids is 3. The Balaban J connectivity index is 1.34. The first-order valence-corrected chi connectivity index (χ1v) is 14.1. The van der Waals surface area contributed by atoms with Crippen molar-refractivity contribution < 1.29 is 37.4 Å². The summed E-state index contributed by atoms with van der Waals surface area (Å²) < 4.78 is 44.0. The first-order valence-electron chi connectivity index (χ1n) is 14.1. The Labute approximate surface area is 257 Å². The van der Waals surface area contributed by atoms with Gasteiger partial charge in [0.05, 0.1) is 12.1 Å². The van der Waals surface area contributed by atoms with Crippen LogP contribution in [0.15, 0.2) is 54.6 Å². The molecule has 13 heteroatoms. The monoisotopic (exact) mass is 619 g/mol. The molecule has 2 amide bonds. The van der Waals surface area contributed by atoms with Crippen molar-refractivity contribution in [3.05, 3.63) is 88.6 Å². The molecule has 0 atom stereocenters. The maximum atomic E-state index is 14.5. The minimum atomic E-state index is -1.14. The Kier molecular flexibility index (Phi) is 8.80. The minimum Gasteiger partial charge on any atom is -0.444 e. The lowest BCUT2D eigenvalue weighted by molar-refractivity contribution is 0.0413. The zero-order valence-electron chi connectivity index (χ0n) is 24.9. The second kappa shape index (κ2) is 12.7. The molecule has 0 aliphatic carbocycles. The SMILES string of the molecule is CC(C)(C)OC(=O)NCCOC(=O)OCc1cc(F)c(F)cc1-c1ccc2nc(N)nc(C(=O)N3Cc4ccccc4C3)c2c1. The highest BCUT2D eigenvalue weighted by atomic mass is 19.2. The van der Waals surface area contributed by atoms with Crippen LogP contribution in [0.2, 0.25) is 0 Å². The second-order valence-corrected chi connectivity index (χ2v) is 11.3. The van der Waals surface area contributed by atoms with E-state index in [0.717, 1.165) is 23.3 Å². The van der Waals surface area contributed by atoms with Gasteiger partial charge < -0.3 is 30.2 Å². The molecule has 0 fully saturated rings. The van der Waals surface area contributed by atoms with Crippen LogP contribution in [0, 0.1) is 11.6 Å². The molecule has 1 aliphatic heterocycles. The summed E-state index contributed by atoms with van der Waals surface area (Å²) in [6.07, 6.45) is -1.76. The smallest absolute Gasteiger partial charge is 0.444 e. The van der Waals surface area contributed by atoms with Crippen molar-refractivity contribution in [1.82, 2.24) is 20.2 Å². The van der Waals surface area contributed by atoms with Gasteiger partial charge in [-0.1, -0.05) is 30.3 Å². The summed E-state index contributed by atoms with van der Waals surface area (Å²) in [6.45, 7) is 5.22. The molecular formula is C32H31F2N5O6. The van der Waals surface area contributed by atoms with Crippen molar-refractivity contribution in [1.29, 1.82) is 0 Å². The summed E-state index contributed by atoms with van der Waals surface area (Å²) in [4.78, 5) is 47.7. The van der Waals surface area contributed by atoms with E-state index >= 15 is 0 Å². The fraction of sp³-hybridized carbons (Fsp3) is 0.281. The van der Waals surface area contributed by atoms with Crippen LogP contribution in [0.4, 0.5) is 24.3 Å². The summed E-state index contributed by atoms with van der Waals surface area (Å²) in [5, 5.41) is 2.79. The Morgan fingerprint density at radius 3 is 2.33 bits per heavy atom. The summed E-state index contributed by atoms with van der Waals surface area (Å²) in [7, 11) is 0. The van der Waals surface area contributed by atoms with E-state index in [9.17, 15) is 23.2 Å². The van der Waals surface area contributed by atoms with Gasteiger partial charge in [0.2, 0.25) is 5.95 Å². The predicted molar refractivity (Wildman–Crippen MR) is 160 cm³/mol. The third-order valence-corrected chi connectivity index (χ3v) is 6.84. The number of nitrogen functional groups attached to an aromatic ring is 1. The van der Waals surface area contributed by atoms with Crippen LogP contribution in [-0.2, 0) is 33.9 Å². The van der Waals surface area contributed by atoms with Crippen molar-refractivity contribution in [3.8, 4) is 11.1 Å². The number of nitrogens with two attached hydrogens (primary N) is 1. The van der Waals surface area contributed by atoms with Gasteiger partial charge in [0, 0.05) is 24.0 Å². The predicted octanol–water partition coefficient (Wildman–Crippen LogP) is 5.49. The fourth-order valence-corrected chi connectivity index (χ4v) is 4.86. The van der Waals surface area contributed by atoms with Crippen LogP contribution < -0.4 is 11.1 Å². The number of aromatic nitrogens is 2. The first-order chi connectivity index (χ1) is 21.4. The average molecular weight is 620 g/mol. The lowest BCUT2D eigenvalue weighted by atomic mass is 9.97. The van der Waals surface area contributed by atoms with Crippen molar-refractivity contribution >= 4 is 35.0 Å². The number of benzene rings is 3. The number of carbonyl (C=O) groups is 3. The van der Waals surface area contributed by atoms with Gasteiger partial charge in [-0.15, -0.1) is 0 Å². The first kappa shape index (κ1) is 31.1. The van der Waals surface area contributed by atoms with Gasteiger partial charge in [-0.05, 0) is 67.3 Å². The molecule has 11 nitrogen and oxygen atoms in total. The number of fused-ring (bicyclic) bond motifs is 2. The number of nitrogens with zero attached hydrogens (tertiary/aromatic N) is 3. The summed E-state index contributed by atoms with van der Waals surface area (Å²) in [5.41, 5.74) is 8.49. The molecule has 1 aromatic heterocycles. The lowest BCUT2D eigenvalue weighted by Crippen LogP contribution is -2.34. The summed E-state index contributed by atoms with van der Waals surface area (Å²) in [6, 6.07) is 14.4. The molecular weight excluding hydrogens is 588 g/mol. The van der Waals surface area contributed by atoms with Crippen LogP contribution in [0.1, 0.15) is 48.0 Å². The largest absolute Gasteiger partial charge is 0.508 e. The van der Waals surface area contributed by atoms with E-state index in [1.807, 2.05) is 24.3 Å². The van der Waals surface area contributed by atoms with E-state index < -0.39 is 36.1 Å². The molecule has 45 heavy (non-hydrogen) atoms. The molecule has 4 aromatic rings. The van der Waals surface area contributed by atoms with E-state index in [-0.39, 0.29) is 41.8 Å². The standard InChI is InChI=1S/C32H31F2N5O6/c1-32(2,3)45-30(41)36-10-11-43-31(42)44-17-21-13-24(33)25(34)14-22(21)18-8-9-26-23(12-18)27(38-29(35)37-26)28(40)39-15-19-6-4-5-7-20(19)16-39/h4-9,12-14H,10-11,15-17H2,1-3H3,(H,36,41)(H2,35,37,38). The van der Waals surface area contributed by atoms with Crippen LogP contribution in [-0.4, -0.2) is 51.8 Å². The molecule has 1 aliphatic rings. The molecule has 3 aromatic carbocycles. The van der Waals surface area contributed by atoms with Gasteiger partial charge in [0.25, 0.3) is 5.91 Å². The highest BCUT2D eigenvalue weighted by molar-refractivity contribution is 6.06. The van der Waals surface area contributed by atoms with Gasteiger partial charge >= 0.3 is 12.2 Å². The molecule has 3 N–H and O–H groups in total. The summed E-state index contributed by atoms with van der Waals surface area (Å²) in [5.74, 6) is -2.71. The van der Waals surface area contributed by atoms with Crippen molar-refractivity contribution in [2.45, 2.75) is 46.1 Å². The van der Waals surface area contributed by atoms with E-state index in [1.54, 1.807) is 43.9 Å². The topological polar surface area (TPSA) is 146 Å². The molecule has 0 bridgehead atoms. The zero-order chi connectivity index (χ0) is 32.3. The molecule has 0 radical (unpaired) electrons. The molecule has 234 valence electrons. The normalized spacial score (nSPS) is 12.5. The highest BCUT2D eigenvalue weighted by Crippen LogP contribution is 2.32. The number of ether oxygens (including phenoxy) is 3. The number of nitrogens with one attached hydrogen (secondary N) is 1. The van der Waals surface area contributed by atoms with E-state index in [2.05, 4.69) is 15.3 Å². The molecule has 0 saturated heterocycles. The Hall–Kier alpha value is -5.33. The van der Waals surface area contributed by atoms with Crippen LogP contribution in [0.5, 0.6) is 0 Å². The van der Waals surface area contributed by atoms with Crippen molar-refractivity contribution in [2.24, 2.45) is 0 Å². The lowest BCUT2D eigenvalue weighted by Gasteiger charge is -2.19. The van der Waals surface area contributed by atoms with Crippen LogP contribution in [0.25, 0.3) is 22.0 Å². The van der Waals surface area contributed by atoms with Gasteiger partial charge in [0.1, 0.15) is 24.5 Å². The molecule has 2 heterocycles. The zero-order valence-corrected chi connectivity index (χ0v) is 24.9. The molecule has 0 saturated carbocycles. The number of amides is 2. The average Bonchev–Trinajstić information content (AvgIpc) is 3.42. The van der Waals surface area contributed by atoms with Gasteiger partial charge in [0.15, 0.2) is 11.6 Å². The number of alkyl carbamates (subject to hydrolysis) is 1. The van der Waals surface area contributed by atoms with Gasteiger partial charge in [-0.2, -0.15) is 0 Å². The van der Waals surface area contributed by atoms with Crippen molar-refractivity contribution in [3.63, 3.8) is 0 Å². The van der Waals surface area contributed by atoms with E-state index in [0.29, 0.717) is 29.6 Å². The number of hydrogen-bond donors (Lipinski definition) is 2. The fourth-order valence-electron chi connectivity index (χ4n) is 4.86. The Bertz CT molecular complexity index is 1770. The van der Waals surface area contributed by atoms with Crippen LogP contribution in [0.3, 0.4) is 0 Å². The summed E-state index contributed by atoms with van der Waals surface area (Å²) >= 11 is 0. The number of rotatable bonds is 7. The minimum absolute atomic E-state index is 0.0331. The number of halogens is 2. The van der Waals surface area contributed by atoms with E-state index in [4.69, 9.17) is 19.9 Å². The second-order valence-electron chi connectivity index (χ2n) is 11.3. The van der Waals surface area contributed by atoms with E-state index in [1.165, 1.54) is 0 Å². The number of hydrogen-bond acceptors (Lipinski definition) is 9. The highest BCUT2D eigenvalue weighted by Gasteiger charge is 2.27. The Morgan fingerprint density at radius 2 is 1.64 bits per heavy atom. The molecule has 5 rings (SSSR count). The third kappa shape index (κ3) is 7.43. The third-order valence-electron chi connectivity index (χ3n) is 6.84. The van der Waals surface area contributed by atoms with Crippen LogP contribution >= 0.6 is 0 Å². The quantitative estimate of drug-likeness (QED) is 0.203.